The van der Waals surface area contributed by atoms with Crippen LogP contribution in [0.25, 0.3) is 0 Å². The number of hydrogen-bond donors (Lipinski definition) is 2. The minimum absolute atomic E-state index is 0.205. The standard InChI is InChI=1S/C17H23NO3/c1-17(2,16(20)21)18-15(19)8-3-5-12-9-10-13-6-4-7-14(13)11-12/h9-11H,3-8H2,1-2H3,(H,18,19)(H,20,21). The monoisotopic (exact) mass is 289 g/mol. The maximum Gasteiger partial charge on any atom is 0.328 e. The van der Waals surface area contributed by atoms with Gasteiger partial charge in [-0.05, 0) is 62.6 Å². The number of carbonyl (C=O) groups is 2. The van der Waals surface area contributed by atoms with Gasteiger partial charge in [-0.15, -0.1) is 0 Å². The first-order valence-corrected chi connectivity index (χ1v) is 7.53. The zero-order valence-corrected chi connectivity index (χ0v) is 12.7. The van der Waals surface area contributed by atoms with Gasteiger partial charge in [-0.1, -0.05) is 18.2 Å². The second-order valence-corrected chi connectivity index (χ2v) is 6.29. The number of amides is 1. The number of rotatable bonds is 6. The quantitative estimate of drug-likeness (QED) is 0.845. The molecule has 0 aromatic heterocycles. The third-order valence-electron chi connectivity index (χ3n) is 4.02. The normalized spacial score (nSPS) is 13.8. The maximum atomic E-state index is 11.8. The van der Waals surface area contributed by atoms with Gasteiger partial charge in [-0.25, -0.2) is 4.79 Å². The van der Waals surface area contributed by atoms with Crippen LogP contribution in [0.15, 0.2) is 18.2 Å². The molecule has 1 aliphatic rings. The Kier molecular flexibility index (Phi) is 4.66. The van der Waals surface area contributed by atoms with Crippen molar-refractivity contribution < 1.29 is 14.7 Å². The highest BCUT2D eigenvalue weighted by Gasteiger charge is 2.28. The molecule has 0 fully saturated rings. The SMILES string of the molecule is CC(C)(NC(=O)CCCc1ccc2c(c1)CCC2)C(=O)O. The van der Waals surface area contributed by atoms with Crippen LogP contribution in [-0.4, -0.2) is 22.5 Å². The molecule has 0 spiro atoms. The van der Waals surface area contributed by atoms with E-state index in [-0.39, 0.29) is 5.91 Å². The van der Waals surface area contributed by atoms with Crippen LogP contribution in [-0.2, 0) is 28.9 Å². The average molecular weight is 289 g/mol. The smallest absolute Gasteiger partial charge is 0.328 e. The number of benzene rings is 1. The number of nitrogens with one attached hydrogen (secondary N) is 1. The van der Waals surface area contributed by atoms with Crippen LogP contribution in [0.5, 0.6) is 0 Å². The average Bonchev–Trinajstić information content (AvgIpc) is 2.85. The van der Waals surface area contributed by atoms with E-state index in [4.69, 9.17) is 5.11 Å². The Morgan fingerprint density at radius 3 is 2.67 bits per heavy atom. The van der Waals surface area contributed by atoms with Crippen LogP contribution in [0.1, 0.15) is 49.8 Å². The molecule has 2 N–H and O–H groups in total. The molecule has 0 radical (unpaired) electrons. The number of aryl methyl sites for hydroxylation is 3. The third kappa shape index (κ3) is 4.06. The van der Waals surface area contributed by atoms with Gasteiger partial charge in [0, 0.05) is 6.42 Å². The summed E-state index contributed by atoms with van der Waals surface area (Å²) < 4.78 is 0. The van der Waals surface area contributed by atoms with Crippen LogP contribution in [0.2, 0.25) is 0 Å². The van der Waals surface area contributed by atoms with E-state index in [2.05, 4.69) is 23.5 Å². The molecule has 0 bridgehead atoms. The highest BCUT2D eigenvalue weighted by molar-refractivity contribution is 5.86. The summed E-state index contributed by atoms with van der Waals surface area (Å²) in [5.74, 6) is -1.22. The predicted molar refractivity (Wildman–Crippen MR) is 81.3 cm³/mol. The van der Waals surface area contributed by atoms with E-state index < -0.39 is 11.5 Å². The molecule has 4 heteroatoms. The Bertz CT molecular complexity index is 549. The van der Waals surface area contributed by atoms with E-state index in [9.17, 15) is 9.59 Å². The Morgan fingerprint density at radius 2 is 1.95 bits per heavy atom. The Hall–Kier alpha value is -1.84. The molecule has 21 heavy (non-hydrogen) atoms. The Balaban J connectivity index is 1.79. The lowest BCUT2D eigenvalue weighted by Gasteiger charge is -2.20. The van der Waals surface area contributed by atoms with Crippen molar-refractivity contribution in [3.8, 4) is 0 Å². The highest BCUT2D eigenvalue weighted by Crippen LogP contribution is 2.23. The maximum absolute atomic E-state index is 11.8. The van der Waals surface area contributed by atoms with Gasteiger partial charge in [-0.2, -0.15) is 0 Å². The number of carbonyl (C=O) groups excluding carboxylic acids is 1. The van der Waals surface area contributed by atoms with Crippen molar-refractivity contribution in [1.29, 1.82) is 0 Å². The van der Waals surface area contributed by atoms with E-state index in [1.165, 1.54) is 43.4 Å². The lowest BCUT2D eigenvalue weighted by atomic mass is 10.0. The fourth-order valence-corrected chi connectivity index (χ4v) is 2.70. The fraction of sp³-hybridized carbons (Fsp3) is 0.529. The number of aliphatic carboxylic acids is 1. The van der Waals surface area contributed by atoms with Crippen molar-refractivity contribution in [1.82, 2.24) is 5.32 Å². The first-order chi connectivity index (χ1) is 9.88. The molecule has 0 aliphatic heterocycles. The minimum Gasteiger partial charge on any atom is -0.480 e. The van der Waals surface area contributed by atoms with Crippen LogP contribution >= 0.6 is 0 Å². The van der Waals surface area contributed by atoms with Gasteiger partial charge >= 0.3 is 5.97 Å². The summed E-state index contributed by atoms with van der Waals surface area (Å²) in [5.41, 5.74) is 2.97. The first kappa shape index (κ1) is 15.5. The van der Waals surface area contributed by atoms with Crippen molar-refractivity contribution in [3.05, 3.63) is 34.9 Å². The van der Waals surface area contributed by atoms with Crippen LogP contribution < -0.4 is 5.32 Å². The molecular formula is C17H23NO3. The van der Waals surface area contributed by atoms with Gasteiger partial charge in [0.1, 0.15) is 5.54 Å². The molecule has 1 aromatic rings. The zero-order chi connectivity index (χ0) is 15.5. The van der Waals surface area contributed by atoms with Crippen LogP contribution in [0.3, 0.4) is 0 Å². The summed E-state index contributed by atoms with van der Waals surface area (Å²) in [5, 5.41) is 11.5. The summed E-state index contributed by atoms with van der Waals surface area (Å²) in [6, 6.07) is 6.59. The molecule has 0 heterocycles. The van der Waals surface area contributed by atoms with Gasteiger partial charge in [0.15, 0.2) is 0 Å². The molecule has 1 aromatic carbocycles. The van der Waals surface area contributed by atoms with Crippen molar-refractivity contribution >= 4 is 11.9 Å². The minimum atomic E-state index is -1.20. The first-order valence-electron chi connectivity index (χ1n) is 7.53. The topological polar surface area (TPSA) is 66.4 Å². The van der Waals surface area contributed by atoms with E-state index >= 15 is 0 Å². The summed E-state index contributed by atoms with van der Waals surface area (Å²) in [7, 11) is 0. The van der Waals surface area contributed by atoms with E-state index in [0.717, 1.165) is 19.3 Å². The largest absolute Gasteiger partial charge is 0.480 e. The van der Waals surface area contributed by atoms with Crippen LogP contribution in [0.4, 0.5) is 0 Å². The van der Waals surface area contributed by atoms with Gasteiger partial charge in [-0.3, -0.25) is 4.79 Å². The third-order valence-corrected chi connectivity index (χ3v) is 4.02. The summed E-state index contributed by atoms with van der Waals surface area (Å²) in [4.78, 5) is 22.7. The van der Waals surface area contributed by atoms with Gasteiger partial charge in [0.25, 0.3) is 0 Å². The molecule has 0 saturated heterocycles. The number of carboxylic acids is 1. The summed E-state index contributed by atoms with van der Waals surface area (Å²) in [6.45, 7) is 2.99. The van der Waals surface area contributed by atoms with Gasteiger partial charge in [0.05, 0.1) is 0 Å². The molecule has 0 atom stereocenters. The molecule has 1 amide bonds. The summed E-state index contributed by atoms with van der Waals surface area (Å²) >= 11 is 0. The zero-order valence-electron chi connectivity index (χ0n) is 12.7. The van der Waals surface area contributed by atoms with Crippen LogP contribution in [0, 0.1) is 0 Å². The molecular weight excluding hydrogens is 266 g/mol. The second kappa shape index (κ2) is 6.29. The van der Waals surface area contributed by atoms with E-state index in [0.29, 0.717) is 6.42 Å². The molecule has 1 aliphatic carbocycles. The lowest BCUT2D eigenvalue weighted by molar-refractivity contribution is -0.146. The van der Waals surface area contributed by atoms with Crippen molar-refractivity contribution in [2.24, 2.45) is 0 Å². The van der Waals surface area contributed by atoms with Crippen molar-refractivity contribution in [2.45, 2.75) is 57.9 Å². The highest BCUT2D eigenvalue weighted by atomic mass is 16.4. The molecule has 4 nitrogen and oxygen atoms in total. The van der Waals surface area contributed by atoms with Crippen molar-refractivity contribution in [3.63, 3.8) is 0 Å². The van der Waals surface area contributed by atoms with E-state index in [1.807, 2.05) is 0 Å². The second-order valence-electron chi connectivity index (χ2n) is 6.29. The molecule has 2 rings (SSSR count). The van der Waals surface area contributed by atoms with E-state index in [1.54, 1.807) is 0 Å². The molecule has 0 saturated carbocycles. The Morgan fingerprint density at radius 1 is 1.24 bits per heavy atom. The lowest BCUT2D eigenvalue weighted by Crippen LogP contribution is -2.49. The van der Waals surface area contributed by atoms with Gasteiger partial charge in [0.2, 0.25) is 5.91 Å². The van der Waals surface area contributed by atoms with Gasteiger partial charge < -0.3 is 10.4 Å². The number of carboxylic acid groups (broad SMARTS) is 1. The number of fused-ring (bicyclic) bond motifs is 1. The summed E-state index contributed by atoms with van der Waals surface area (Å²) in [6.07, 6.45) is 5.53. The number of hydrogen-bond acceptors (Lipinski definition) is 2. The predicted octanol–water partition coefficient (Wildman–Crippen LogP) is 2.48. The van der Waals surface area contributed by atoms with Crippen molar-refractivity contribution in [2.75, 3.05) is 0 Å². The fourth-order valence-electron chi connectivity index (χ4n) is 2.70. The molecule has 0 unspecified atom stereocenters. The molecule has 114 valence electrons. The Labute approximate surface area is 125 Å².